The van der Waals surface area contributed by atoms with E-state index in [1.54, 1.807) is 0 Å². The minimum absolute atomic E-state index is 0.542. The highest BCUT2D eigenvalue weighted by Crippen LogP contribution is 2.36. The zero-order valence-electron chi connectivity index (χ0n) is 4.36. The first-order valence-electron chi connectivity index (χ1n) is 2.47. The summed E-state index contributed by atoms with van der Waals surface area (Å²) in [6.07, 6.45) is 5.76. The molecule has 0 aromatic rings. The molecule has 0 aromatic carbocycles. The standard InChI is InChI=1S/C6H10/c1-3-6(2)4-5-6/h4-5H,3H2,1-2H3. The second-order valence-corrected chi connectivity index (χ2v) is 2.19. The molecule has 0 spiro atoms. The molecular weight excluding hydrogens is 72.1 g/mol. The van der Waals surface area contributed by atoms with Crippen LogP contribution in [0, 0.1) is 5.41 Å². The number of hydrogen-bond donors (Lipinski definition) is 0. The Kier molecular flexibility index (Phi) is 0.566. The van der Waals surface area contributed by atoms with Gasteiger partial charge < -0.3 is 0 Å². The van der Waals surface area contributed by atoms with Crippen molar-refractivity contribution in [2.24, 2.45) is 5.41 Å². The van der Waals surface area contributed by atoms with E-state index in [2.05, 4.69) is 26.0 Å². The lowest BCUT2D eigenvalue weighted by Gasteiger charge is -1.98. The lowest BCUT2D eigenvalue weighted by Crippen LogP contribution is -1.88. The molecule has 0 unspecified atom stereocenters. The molecule has 0 aliphatic heterocycles. The molecule has 0 fully saturated rings. The van der Waals surface area contributed by atoms with Crippen molar-refractivity contribution < 1.29 is 0 Å². The van der Waals surface area contributed by atoms with Gasteiger partial charge in [0, 0.05) is 5.41 Å². The maximum Gasteiger partial charge on any atom is 0.00307 e. The fraction of sp³-hybridized carbons (Fsp3) is 0.667. The minimum atomic E-state index is 0.542. The maximum absolute atomic E-state index is 2.24. The topological polar surface area (TPSA) is 0 Å². The molecule has 1 rings (SSSR count). The SMILES string of the molecule is CCC1(C)C=C1. The first kappa shape index (κ1) is 3.91. The lowest BCUT2D eigenvalue weighted by molar-refractivity contribution is 0.615. The summed E-state index contributed by atoms with van der Waals surface area (Å²) in [4.78, 5) is 0. The molecular formula is C6H10. The van der Waals surface area contributed by atoms with Crippen molar-refractivity contribution in [3.8, 4) is 0 Å². The van der Waals surface area contributed by atoms with Gasteiger partial charge in [0.25, 0.3) is 0 Å². The van der Waals surface area contributed by atoms with Crippen molar-refractivity contribution in [3.63, 3.8) is 0 Å². The van der Waals surface area contributed by atoms with Crippen LogP contribution >= 0.6 is 0 Å². The van der Waals surface area contributed by atoms with E-state index in [1.165, 1.54) is 6.42 Å². The Hall–Kier alpha value is -0.260. The van der Waals surface area contributed by atoms with E-state index in [0.717, 1.165) is 0 Å². The average Bonchev–Trinajstić information content (AvgIpc) is 2.22. The Morgan fingerprint density at radius 1 is 1.50 bits per heavy atom. The fourth-order valence-corrected chi connectivity index (χ4v) is 0.378. The Morgan fingerprint density at radius 3 is 2.00 bits per heavy atom. The van der Waals surface area contributed by atoms with Gasteiger partial charge in [-0.05, 0) is 6.42 Å². The van der Waals surface area contributed by atoms with Crippen molar-refractivity contribution in [1.82, 2.24) is 0 Å². The highest BCUT2D eigenvalue weighted by Gasteiger charge is 2.23. The average molecular weight is 82.1 g/mol. The zero-order valence-corrected chi connectivity index (χ0v) is 4.36. The van der Waals surface area contributed by atoms with Gasteiger partial charge in [0.15, 0.2) is 0 Å². The number of hydrogen-bond acceptors (Lipinski definition) is 0. The number of rotatable bonds is 1. The summed E-state index contributed by atoms with van der Waals surface area (Å²) in [7, 11) is 0. The highest BCUT2D eigenvalue weighted by atomic mass is 14.3. The first-order chi connectivity index (χ1) is 2.77. The molecule has 0 amide bonds. The van der Waals surface area contributed by atoms with Gasteiger partial charge in [-0.2, -0.15) is 0 Å². The maximum atomic E-state index is 2.24. The van der Waals surface area contributed by atoms with Crippen molar-refractivity contribution >= 4 is 0 Å². The first-order valence-corrected chi connectivity index (χ1v) is 2.47. The number of allylic oxidation sites excluding steroid dienone is 2. The summed E-state index contributed by atoms with van der Waals surface area (Å²) in [5.41, 5.74) is 0.542. The van der Waals surface area contributed by atoms with Crippen molar-refractivity contribution in [3.05, 3.63) is 12.2 Å². The van der Waals surface area contributed by atoms with Gasteiger partial charge >= 0.3 is 0 Å². The molecule has 34 valence electrons. The van der Waals surface area contributed by atoms with Gasteiger partial charge in [-0.1, -0.05) is 26.0 Å². The van der Waals surface area contributed by atoms with E-state index in [-0.39, 0.29) is 0 Å². The van der Waals surface area contributed by atoms with E-state index < -0.39 is 0 Å². The molecule has 0 saturated heterocycles. The van der Waals surface area contributed by atoms with Gasteiger partial charge in [-0.25, -0.2) is 0 Å². The minimum Gasteiger partial charge on any atom is -0.0780 e. The molecule has 1 aliphatic rings. The van der Waals surface area contributed by atoms with E-state index in [0.29, 0.717) is 5.41 Å². The Balaban J connectivity index is 2.32. The van der Waals surface area contributed by atoms with E-state index in [1.807, 2.05) is 0 Å². The van der Waals surface area contributed by atoms with Crippen LogP contribution in [0.4, 0.5) is 0 Å². The quantitative estimate of drug-likeness (QED) is 0.424. The summed E-state index contributed by atoms with van der Waals surface area (Å²) in [6, 6.07) is 0. The third-order valence-electron chi connectivity index (χ3n) is 1.50. The van der Waals surface area contributed by atoms with Crippen LogP contribution in [0.1, 0.15) is 20.3 Å². The normalized spacial score (nSPS) is 24.3. The van der Waals surface area contributed by atoms with E-state index in [4.69, 9.17) is 0 Å². The molecule has 0 heterocycles. The van der Waals surface area contributed by atoms with Crippen LogP contribution in [0.2, 0.25) is 0 Å². The van der Waals surface area contributed by atoms with Crippen LogP contribution < -0.4 is 0 Å². The molecule has 0 nitrogen and oxygen atoms in total. The van der Waals surface area contributed by atoms with Crippen LogP contribution in [0.3, 0.4) is 0 Å². The monoisotopic (exact) mass is 82.1 g/mol. The van der Waals surface area contributed by atoms with Gasteiger partial charge in [0.2, 0.25) is 0 Å². The van der Waals surface area contributed by atoms with E-state index >= 15 is 0 Å². The molecule has 6 heavy (non-hydrogen) atoms. The molecule has 0 radical (unpaired) electrons. The molecule has 0 heteroatoms. The van der Waals surface area contributed by atoms with Gasteiger partial charge in [0.1, 0.15) is 0 Å². The molecule has 0 bridgehead atoms. The van der Waals surface area contributed by atoms with Crippen LogP contribution in [0.25, 0.3) is 0 Å². The summed E-state index contributed by atoms with van der Waals surface area (Å²) >= 11 is 0. The van der Waals surface area contributed by atoms with Crippen molar-refractivity contribution in [2.75, 3.05) is 0 Å². The molecule has 0 atom stereocenters. The Morgan fingerprint density at radius 2 is 2.00 bits per heavy atom. The van der Waals surface area contributed by atoms with Crippen LogP contribution in [-0.4, -0.2) is 0 Å². The highest BCUT2D eigenvalue weighted by molar-refractivity contribution is 5.22. The Bertz CT molecular complexity index is 74.0. The predicted octanol–water partition coefficient (Wildman–Crippen LogP) is 1.97. The van der Waals surface area contributed by atoms with Crippen molar-refractivity contribution in [1.29, 1.82) is 0 Å². The van der Waals surface area contributed by atoms with Gasteiger partial charge in [-0.3, -0.25) is 0 Å². The lowest BCUT2D eigenvalue weighted by atomic mass is 10.1. The summed E-state index contributed by atoms with van der Waals surface area (Å²) in [5.74, 6) is 0. The second-order valence-electron chi connectivity index (χ2n) is 2.19. The van der Waals surface area contributed by atoms with Crippen molar-refractivity contribution in [2.45, 2.75) is 20.3 Å². The fourth-order valence-electron chi connectivity index (χ4n) is 0.378. The predicted molar refractivity (Wildman–Crippen MR) is 27.5 cm³/mol. The van der Waals surface area contributed by atoms with Crippen LogP contribution in [0.5, 0.6) is 0 Å². The molecule has 0 aromatic heterocycles. The molecule has 0 saturated carbocycles. The second kappa shape index (κ2) is 0.868. The van der Waals surface area contributed by atoms with E-state index in [9.17, 15) is 0 Å². The summed E-state index contributed by atoms with van der Waals surface area (Å²) in [6.45, 7) is 4.45. The molecule has 1 aliphatic carbocycles. The zero-order chi connectivity index (χ0) is 4.62. The van der Waals surface area contributed by atoms with Gasteiger partial charge in [-0.15, -0.1) is 0 Å². The van der Waals surface area contributed by atoms with Crippen LogP contribution in [-0.2, 0) is 0 Å². The third kappa shape index (κ3) is 0.469. The Labute approximate surface area is 38.9 Å². The molecule has 0 N–H and O–H groups in total. The third-order valence-corrected chi connectivity index (χ3v) is 1.50. The summed E-state index contributed by atoms with van der Waals surface area (Å²) < 4.78 is 0. The smallest absolute Gasteiger partial charge is 0.00307 e. The largest absolute Gasteiger partial charge is 0.0780 e. The van der Waals surface area contributed by atoms with Crippen LogP contribution in [0.15, 0.2) is 12.2 Å². The summed E-state index contributed by atoms with van der Waals surface area (Å²) in [5, 5.41) is 0. The van der Waals surface area contributed by atoms with Gasteiger partial charge in [0.05, 0.1) is 0 Å².